The average Bonchev–Trinajstić information content (AvgIpc) is 3.24. The first-order chi connectivity index (χ1) is 29.5. The van der Waals surface area contributed by atoms with Crippen molar-refractivity contribution in [2.75, 3.05) is 13.2 Å². The number of unbranched alkanes of at least 4 members (excludes halogenated alkanes) is 34. The summed E-state index contributed by atoms with van der Waals surface area (Å²) in [5, 5.41) is 0. The lowest BCUT2D eigenvalue weighted by atomic mass is 10.0. The Balaban J connectivity index is 4.33. The Bertz CT molecular complexity index is 973. The maximum absolute atomic E-state index is 12.8. The molecule has 0 radical (unpaired) electrons. The molecule has 0 heterocycles. The van der Waals surface area contributed by atoms with Crippen molar-refractivity contribution in [3.8, 4) is 0 Å². The van der Waals surface area contributed by atoms with E-state index < -0.39 is 6.10 Å². The molecule has 0 amide bonds. The Labute approximate surface area is 373 Å². The molecule has 0 N–H and O–H groups in total. The first-order valence-electron chi connectivity index (χ1n) is 26.4. The molecule has 0 aromatic rings. The van der Waals surface area contributed by atoms with Crippen molar-refractivity contribution >= 4 is 17.9 Å². The molecule has 0 aliphatic rings. The normalized spacial score (nSPS) is 12.1. The smallest absolute Gasteiger partial charge is 0.306 e. The van der Waals surface area contributed by atoms with Gasteiger partial charge in [-0.25, -0.2) is 0 Å². The van der Waals surface area contributed by atoms with Crippen molar-refractivity contribution in [2.24, 2.45) is 0 Å². The molecular formula is C54H100O6. The summed E-state index contributed by atoms with van der Waals surface area (Å²) in [5.74, 6) is -0.868. The first-order valence-corrected chi connectivity index (χ1v) is 26.4. The number of allylic oxidation sites excluding steroid dienone is 4. The minimum absolute atomic E-state index is 0.0712. The number of hydrogen-bond acceptors (Lipinski definition) is 6. The van der Waals surface area contributed by atoms with Gasteiger partial charge in [0.15, 0.2) is 6.10 Å². The van der Waals surface area contributed by atoms with E-state index >= 15 is 0 Å². The second kappa shape index (κ2) is 49.5. The van der Waals surface area contributed by atoms with E-state index in [1.54, 1.807) is 0 Å². The Morgan fingerprint density at radius 1 is 0.333 bits per heavy atom. The van der Waals surface area contributed by atoms with Gasteiger partial charge in [0.05, 0.1) is 0 Å². The summed E-state index contributed by atoms with van der Waals surface area (Å²) in [6.07, 6.45) is 55.8. The molecule has 0 fully saturated rings. The van der Waals surface area contributed by atoms with Crippen molar-refractivity contribution in [3.63, 3.8) is 0 Å². The van der Waals surface area contributed by atoms with E-state index in [9.17, 15) is 14.4 Å². The lowest BCUT2D eigenvalue weighted by Gasteiger charge is -2.18. The quantitative estimate of drug-likeness (QED) is 0.0263. The van der Waals surface area contributed by atoms with Gasteiger partial charge in [-0.1, -0.05) is 244 Å². The molecule has 0 aliphatic carbocycles. The van der Waals surface area contributed by atoms with E-state index in [0.29, 0.717) is 19.3 Å². The predicted molar refractivity (Wildman–Crippen MR) is 256 cm³/mol. The highest BCUT2D eigenvalue weighted by atomic mass is 16.6. The van der Waals surface area contributed by atoms with Gasteiger partial charge in [-0.3, -0.25) is 14.4 Å². The Morgan fingerprint density at radius 3 is 0.917 bits per heavy atom. The monoisotopic (exact) mass is 845 g/mol. The van der Waals surface area contributed by atoms with E-state index in [4.69, 9.17) is 14.2 Å². The molecule has 0 saturated carbocycles. The Hall–Kier alpha value is -2.11. The van der Waals surface area contributed by atoms with Gasteiger partial charge in [0.1, 0.15) is 13.2 Å². The summed E-state index contributed by atoms with van der Waals surface area (Å²) in [7, 11) is 0. The summed E-state index contributed by atoms with van der Waals surface area (Å²) in [6, 6.07) is 0. The molecule has 0 saturated heterocycles. The van der Waals surface area contributed by atoms with Crippen molar-refractivity contribution in [1.82, 2.24) is 0 Å². The van der Waals surface area contributed by atoms with Crippen LogP contribution in [0.2, 0.25) is 0 Å². The summed E-state index contributed by atoms with van der Waals surface area (Å²) in [6.45, 7) is 6.62. The molecule has 6 nitrogen and oxygen atoms in total. The molecular weight excluding hydrogens is 745 g/mol. The fourth-order valence-electron chi connectivity index (χ4n) is 7.73. The van der Waals surface area contributed by atoms with Crippen molar-refractivity contribution in [1.29, 1.82) is 0 Å². The lowest BCUT2D eigenvalue weighted by Crippen LogP contribution is -2.30. The highest BCUT2D eigenvalue weighted by Gasteiger charge is 2.19. The second-order valence-corrected chi connectivity index (χ2v) is 17.8. The Morgan fingerprint density at radius 2 is 0.583 bits per heavy atom. The zero-order valence-corrected chi connectivity index (χ0v) is 40.2. The van der Waals surface area contributed by atoms with Gasteiger partial charge >= 0.3 is 17.9 Å². The number of rotatable bonds is 48. The summed E-state index contributed by atoms with van der Waals surface area (Å²) < 4.78 is 16.8. The second-order valence-electron chi connectivity index (χ2n) is 17.8. The third-order valence-electron chi connectivity index (χ3n) is 11.7. The van der Waals surface area contributed by atoms with E-state index in [1.807, 2.05) is 0 Å². The standard InChI is InChI=1S/C54H100O6/c1-4-7-10-13-16-19-22-24-26-28-29-32-35-38-41-44-47-53(56)59-50-51(49-58-52(55)46-43-40-37-34-31-21-18-15-12-9-6-3)60-54(57)48-45-42-39-36-33-30-27-25-23-20-17-14-11-8-5-2/h17,20,23,25,51H,4-16,18-19,21-22,24,26-50H2,1-3H3/b20-17-,25-23-. The van der Waals surface area contributed by atoms with Crippen molar-refractivity contribution in [2.45, 2.75) is 290 Å². The largest absolute Gasteiger partial charge is 0.462 e. The molecule has 0 spiro atoms. The summed E-state index contributed by atoms with van der Waals surface area (Å²) in [5.41, 5.74) is 0. The van der Waals surface area contributed by atoms with Gasteiger partial charge in [0.2, 0.25) is 0 Å². The van der Waals surface area contributed by atoms with Crippen molar-refractivity contribution in [3.05, 3.63) is 24.3 Å². The van der Waals surface area contributed by atoms with Crippen LogP contribution in [0.4, 0.5) is 0 Å². The molecule has 0 aromatic carbocycles. The minimum Gasteiger partial charge on any atom is -0.462 e. The van der Waals surface area contributed by atoms with Crippen LogP contribution in [0.1, 0.15) is 284 Å². The Kier molecular flexibility index (Phi) is 47.8. The van der Waals surface area contributed by atoms with Crippen LogP contribution >= 0.6 is 0 Å². The fourth-order valence-corrected chi connectivity index (χ4v) is 7.73. The maximum atomic E-state index is 12.8. The highest BCUT2D eigenvalue weighted by Crippen LogP contribution is 2.16. The number of hydrogen-bond donors (Lipinski definition) is 0. The lowest BCUT2D eigenvalue weighted by molar-refractivity contribution is -0.167. The third-order valence-corrected chi connectivity index (χ3v) is 11.7. The van der Waals surface area contributed by atoms with Gasteiger partial charge in [-0.2, -0.15) is 0 Å². The van der Waals surface area contributed by atoms with Gasteiger partial charge < -0.3 is 14.2 Å². The molecule has 60 heavy (non-hydrogen) atoms. The average molecular weight is 845 g/mol. The van der Waals surface area contributed by atoms with Gasteiger partial charge in [0, 0.05) is 19.3 Å². The van der Waals surface area contributed by atoms with Gasteiger partial charge in [-0.05, 0) is 44.9 Å². The molecule has 352 valence electrons. The van der Waals surface area contributed by atoms with Crippen LogP contribution < -0.4 is 0 Å². The number of carbonyl (C=O) groups is 3. The molecule has 6 heteroatoms. The van der Waals surface area contributed by atoms with E-state index in [-0.39, 0.29) is 31.1 Å². The molecule has 1 unspecified atom stereocenters. The number of carbonyl (C=O) groups excluding carboxylic acids is 3. The summed E-state index contributed by atoms with van der Waals surface area (Å²) >= 11 is 0. The van der Waals surface area contributed by atoms with Crippen LogP contribution in [0.3, 0.4) is 0 Å². The van der Waals surface area contributed by atoms with Crippen LogP contribution in [-0.2, 0) is 28.6 Å². The minimum atomic E-state index is -0.771. The predicted octanol–water partition coefficient (Wildman–Crippen LogP) is 17.2. The van der Waals surface area contributed by atoms with Crippen LogP contribution in [-0.4, -0.2) is 37.2 Å². The number of ether oxygens (including phenoxy) is 3. The molecule has 0 aliphatic heterocycles. The maximum Gasteiger partial charge on any atom is 0.306 e. The highest BCUT2D eigenvalue weighted by molar-refractivity contribution is 5.71. The zero-order chi connectivity index (χ0) is 43.7. The van der Waals surface area contributed by atoms with Gasteiger partial charge in [0.25, 0.3) is 0 Å². The first kappa shape index (κ1) is 57.9. The molecule has 0 rings (SSSR count). The SMILES string of the molecule is CCCCC/C=C\C=C/CCCCCCCCC(=O)OC(COC(=O)CCCCCCCCCCCCC)COC(=O)CCCCCCCCCCCCCCCCCC. The fraction of sp³-hybridized carbons (Fsp3) is 0.870. The molecule has 0 aromatic heterocycles. The summed E-state index contributed by atoms with van der Waals surface area (Å²) in [4.78, 5) is 37.9. The van der Waals surface area contributed by atoms with Crippen LogP contribution in [0, 0.1) is 0 Å². The topological polar surface area (TPSA) is 78.9 Å². The molecule has 0 bridgehead atoms. The van der Waals surface area contributed by atoms with E-state index in [0.717, 1.165) is 64.2 Å². The van der Waals surface area contributed by atoms with Crippen LogP contribution in [0.15, 0.2) is 24.3 Å². The van der Waals surface area contributed by atoms with Crippen molar-refractivity contribution < 1.29 is 28.6 Å². The third kappa shape index (κ3) is 46.9. The molecule has 1 atom stereocenters. The van der Waals surface area contributed by atoms with E-state index in [2.05, 4.69) is 45.1 Å². The van der Waals surface area contributed by atoms with Crippen LogP contribution in [0.5, 0.6) is 0 Å². The zero-order valence-electron chi connectivity index (χ0n) is 40.2. The number of esters is 3. The van der Waals surface area contributed by atoms with E-state index in [1.165, 1.54) is 180 Å². The van der Waals surface area contributed by atoms with Gasteiger partial charge in [-0.15, -0.1) is 0 Å². The van der Waals surface area contributed by atoms with Crippen LogP contribution in [0.25, 0.3) is 0 Å².